The monoisotopic (exact) mass is 304 g/mol. The van der Waals surface area contributed by atoms with Gasteiger partial charge in [0.05, 0.1) is 0 Å². The Hall–Kier alpha value is -1.31. The Bertz CT molecular complexity index is 366. The van der Waals surface area contributed by atoms with Crippen molar-refractivity contribution in [3.8, 4) is 0 Å². The van der Waals surface area contributed by atoms with Crippen LogP contribution in [0, 0.1) is 0 Å². The van der Waals surface area contributed by atoms with Crippen LogP contribution in [0.15, 0.2) is 36.5 Å². The topological polar surface area (TPSA) is 26.3 Å². The molecular weight excluding hydrogens is 272 g/mol. The fraction of sp³-hybridized carbons (Fsp3) is 0.650. The number of allylic oxidation sites excluding steroid dienone is 6. The molecule has 0 radical (unpaired) electrons. The minimum atomic E-state index is -0.0223. The fourth-order valence-electron chi connectivity index (χ4n) is 2.55. The molecule has 1 aliphatic heterocycles. The molecule has 2 heteroatoms. The number of unbranched alkanes of at least 4 members (excludes halogenated alkanes) is 3. The van der Waals surface area contributed by atoms with Gasteiger partial charge < -0.3 is 4.74 Å². The third kappa shape index (κ3) is 10.4. The summed E-state index contributed by atoms with van der Waals surface area (Å²) < 4.78 is 5.30. The highest BCUT2D eigenvalue weighted by Gasteiger charge is 2.18. The molecular formula is C20H32O2. The predicted octanol–water partition coefficient (Wildman–Crippen LogP) is 5.89. The van der Waals surface area contributed by atoms with Crippen LogP contribution in [-0.2, 0) is 9.53 Å². The van der Waals surface area contributed by atoms with Gasteiger partial charge in [0.1, 0.15) is 6.10 Å². The van der Waals surface area contributed by atoms with Crippen LogP contribution in [0.3, 0.4) is 0 Å². The predicted molar refractivity (Wildman–Crippen MR) is 93.8 cm³/mol. The Morgan fingerprint density at radius 1 is 1.00 bits per heavy atom. The molecule has 22 heavy (non-hydrogen) atoms. The van der Waals surface area contributed by atoms with Crippen molar-refractivity contribution in [3.05, 3.63) is 36.5 Å². The van der Waals surface area contributed by atoms with Crippen molar-refractivity contribution in [2.24, 2.45) is 0 Å². The van der Waals surface area contributed by atoms with Gasteiger partial charge in [0.15, 0.2) is 0 Å². The van der Waals surface area contributed by atoms with Gasteiger partial charge in [-0.15, -0.1) is 0 Å². The second-order valence-corrected chi connectivity index (χ2v) is 5.96. The Morgan fingerprint density at radius 3 is 2.36 bits per heavy atom. The Labute approximate surface area is 136 Å². The number of esters is 1. The maximum atomic E-state index is 11.2. The van der Waals surface area contributed by atoms with E-state index in [1.165, 1.54) is 25.7 Å². The summed E-state index contributed by atoms with van der Waals surface area (Å²) in [6.07, 6.45) is 25.3. The highest BCUT2D eigenvalue weighted by Crippen LogP contribution is 2.18. The minimum absolute atomic E-state index is 0.0223. The number of ether oxygens (including phenoxy) is 1. The van der Waals surface area contributed by atoms with Gasteiger partial charge in [0, 0.05) is 6.42 Å². The highest BCUT2D eigenvalue weighted by atomic mass is 16.5. The van der Waals surface area contributed by atoms with E-state index in [-0.39, 0.29) is 12.1 Å². The molecule has 1 heterocycles. The second kappa shape index (κ2) is 13.4. The zero-order valence-electron chi connectivity index (χ0n) is 14.1. The average Bonchev–Trinajstić information content (AvgIpc) is 2.52. The zero-order chi connectivity index (χ0) is 15.9. The van der Waals surface area contributed by atoms with Crippen LogP contribution in [-0.4, -0.2) is 12.1 Å². The molecule has 0 bridgehead atoms. The molecule has 0 unspecified atom stereocenters. The van der Waals surface area contributed by atoms with Crippen molar-refractivity contribution in [2.45, 2.75) is 83.7 Å². The first-order chi connectivity index (χ1) is 10.8. The van der Waals surface area contributed by atoms with E-state index in [4.69, 9.17) is 4.74 Å². The lowest BCUT2D eigenvalue weighted by molar-refractivity contribution is -0.153. The molecule has 1 saturated heterocycles. The van der Waals surface area contributed by atoms with Gasteiger partial charge in [-0.05, 0) is 51.4 Å². The molecule has 0 amide bonds. The van der Waals surface area contributed by atoms with E-state index in [9.17, 15) is 4.79 Å². The molecule has 0 aliphatic carbocycles. The van der Waals surface area contributed by atoms with E-state index in [1.54, 1.807) is 0 Å². The maximum absolute atomic E-state index is 11.2. The summed E-state index contributed by atoms with van der Waals surface area (Å²) in [5.74, 6) is -0.0223. The summed E-state index contributed by atoms with van der Waals surface area (Å²) in [7, 11) is 0. The van der Waals surface area contributed by atoms with Gasteiger partial charge in [0.2, 0.25) is 0 Å². The van der Waals surface area contributed by atoms with Crippen molar-refractivity contribution in [1.29, 1.82) is 0 Å². The Morgan fingerprint density at radius 2 is 1.68 bits per heavy atom. The molecule has 0 aromatic carbocycles. The van der Waals surface area contributed by atoms with Crippen LogP contribution >= 0.6 is 0 Å². The average molecular weight is 304 g/mol. The van der Waals surface area contributed by atoms with E-state index in [1.807, 2.05) is 0 Å². The first-order valence-electron chi connectivity index (χ1n) is 8.97. The second-order valence-electron chi connectivity index (χ2n) is 5.96. The maximum Gasteiger partial charge on any atom is 0.306 e. The molecule has 2 nitrogen and oxygen atoms in total. The normalized spacial score (nSPS) is 19.5. The van der Waals surface area contributed by atoms with Crippen molar-refractivity contribution in [2.75, 3.05) is 0 Å². The van der Waals surface area contributed by atoms with Crippen LogP contribution in [0.2, 0.25) is 0 Å². The van der Waals surface area contributed by atoms with Crippen molar-refractivity contribution in [1.82, 2.24) is 0 Å². The first-order valence-corrected chi connectivity index (χ1v) is 8.97. The summed E-state index contributed by atoms with van der Waals surface area (Å²) in [6, 6.07) is 0. The minimum Gasteiger partial charge on any atom is -0.462 e. The van der Waals surface area contributed by atoms with Crippen molar-refractivity contribution >= 4 is 5.97 Å². The van der Waals surface area contributed by atoms with E-state index in [0.717, 1.165) is 38.5 Å². The number of carbonyl (C=O) groups is 1. The summed E-state index contributed by atoms with van der Waals surface area (Å²) in [6.45, 7) is 2.24. The number of carbonyl (C=O) groups excluding carboxylic acids is 1. The van der Waals surface area contributed by atoms with Crippen LogP contribution < -0.4 is 0 Å². The van der Waals surface area contributed by atoms with Gasteiger partial charge in [-0.2, -0.15) is 0 Å². The number of hydrogen-bond donors (Lipinski definition) is 0. The summed E-state index contributed by atoms with van der Waals surface area (Å²) in [5, 5.41) is 0. The summed E-state index contributed by atoms with van der Waals surface area (Å²) in [5.41, 5.74) is 0. The van der Waals surface area contributed by atoms with Gasteiger partial charge in [0.25, 0.3) is 0 Å². The molecule has 1 aliphatic rings. The van der Waals surface area contributed by atoms with Gasteiger partial charge in [-0.1, -0.05) is 56.2 Å². The van der Waals surface area contributed by atoms with Crippen LogP contribution in [0.1, 0.15) is 77.6 Å². The molecule has 0 aromatic heterocycles. The molecule has 1 fully saturated rings. The smallest absolute Gasteiger partial charge is 0.306 e. The Balaban J connectivity index is 1.94. The lowest BCUT2D eigenvalue weighted by atomic mass is 10.0. The first kappa shape index (κ1) is 18.7. The quantitative estimate of drug-likeness (QED) is 0.270. The molecule has 1 rings (SSSR count). The molecule has 0 aromatic rings. The third-order valence-corrected chi connectivity index (χ3v) is 3.88. The third-order valence-electron chi connectivity index (χ3n) is 3.88. The molecule has 124 valence electrons. The fourth-order valence-corrected chi connectivity index (χ4v) is 2.55. The lowest BCUT2D eigenvalue weighted by Crippen LogP contribution is -2.23. The summed E-state index contributed by atoms with van der Waals surface area (Å²) >= 11 is 0. The van der Waals surface area contributed by atoms with Crippen LogP contribution in [0.25, 0.3) is 0 Å². The largest absolute Gasteiger partial charge is 0.462 e. The van der Waals surface area contributed by atoms with Gasteiger partial charge in [-0.25, -0.2) is 0 Å². The van der Waals surface area contributed by atoms with Gasteiger partial charge in [-0.3, -0.25) is 4.79 Å². The zero-order valence-corrected chi connectivity index (χ0v) is 14.1. The SMILES string of the molecule is CCCCC/C=C\C/C=C\C/C=C\CC[C@H]1CCCC(=O)O1. The number of cyclic esters (lactones) is 1. The van der Waals surface area contributed by atoms with Crippen molar-refractivity contribution in [3.63, 3.8) is 0 Å². The van der Waals surface area contributed by atoms with E-state index in [2.05, 4.69) is 43.4 Å². The number of hydrogen-bond acceptors (Lipinski definition) is 2. The number of rotatable bonds is 11. The van der Waals surface area contributed by atoms with Crippen LogP contribution in [0.5, 0.6) is 0 Å². The molecule has 0 spiro atoms. The Kier molecular flexibility index (Phi) is 11.4. The highest BCUT2D eigenvalue weighted by molar-refractivity contribution is 5.70. The summed E-state index contributed by atoms with van der Waals surface area (Å²) in [4.78, 5) is 11.2. The van der Waals surface area contributed by atoms with Gasteiger partial charge >= 0.3 is 5.97 Å². The van der Waals surface area contributed by atoms with E-state index >= 15 is 0 Å². The van der Waals surface area contributed by atoms with E-state index < -0.39 is 0 Å². The van der Waals surface area contributed by atoms with Crippen molar-refractivity contribution < 1.29 is 9.53 Å². The van der Waals surface area contributed by atoms with Crippen LogP contribution in [0.4, 0.5) is 0 Å². The standard InChI is InChI=1S/C20H32O2/c1-2-3-4-5-6-7-8-9-10-11-12-13-14-16-19-17-15-18-20(21)22-19/h6-7,9-10,12-13,19H,2-5,8,11,14-18H2,1H3/b7-6-,10-9-,13-12-/t19-/m0/s1. The lowest BCUT2D eigenvalue weighted by Gasteiger charge is -2.21. The molecule has 0 N–H and O–H groups in total. The molecule has 1 atom stereocenters. The molecule has 0 saturated carbocycles. The van der Waals surface area contributed by atoms with E-state index in [0.29, 0.717) is 6.42 Å².